The molecule has 4 rings (SSSR count). The number of ether oxygens (including phenoxy) is 2. The molecule has 0 N–H and O–H groups in total. The van der Waals surface area contributed by atoms with Crippen molar-refractivity contribution < 1.29 is 14.3 Å². The van der Waals surface area contributed by atoms with Crippen molar-refractivity contribution in [2.75, 3.05) is 25.7 Å². The molecule has 3 aromatic rings. The van der Waals surface area contributed by atoms with Gasteiger partial charge in [0.1, 0.15) is 24.2 Å². The maximum Gasteiger partial charge on any atom is 0.258 e. The molecule has 1 aromatic heterocycles. The Morgan fingerprint density at radius 3 is 2.82 bits per heavy atom. The average Bonchev–Trinajstić information content (AvgIpc) is 3.25. The highest BCUT2D eigenvalue weighted by Gasteiger charge is 2.27. The van der Waals surface area contributed by atoms with Crippen LogP contribution < -0.4 is 14.4 Å². The third-order valence-corrected chi connectivity index (χ3v) is 4.94. The third kappa shape index (κ3) is 3.43. The minimum Gasteiger partial charge on any atom is -0.497 e. The quantitative estimate of drug-likeness (QED) is 0.683. The first-order chi connectivity index (χ1) is 13.7. The lowest BCUT2D eigenvalue weighted by Crippen LogP contribution is -2.35. The number of anilines is 1. The minimum absolute atomic E-state index is 0.0308. The van der Waals surface area contributed by atoms with Gasteiger partial charge in [0.15, 0.2) is 0 Å². The number of hydrogen-bond acceptors (Lipinski definition) is 5. The molecule has 0 saturated carbocycles. The van der Waals surface area contributed by atoms with Crippen molar-refractivity contribution >= 4 is 11.6 Å². The van der Waals surface area contributed by atoms with Crippen LogP contribution in [0.15, 0.2) is 49.1 Å². The number of carbonyl (C=O) groups is 1. The highest BCUT2D eigenvalue weighted by atomic mass is 16.5. The molecule has 0 saturated heterocycles. The maximum absolute atomic E-state index is 13.3. The topological polar surface area (TPSA) is 69.5 Å². The van der Waals surface area contributed by atoms with Crippen molar-refractivity contribution in [1.82, 2.24) is 14.8 Å². The Morgan fingerprint density at radius 2 is 2.07 bits per heavy atom. The van der Waals surface area contributed by atoms with Gasteiger partial charge in [-0.3, -0.25) is 4.79 Å². The second-order valence-electron chi connectivity index (χ2n) is 6.68. The van der Waals surface area contributed by atoms with E-state index in [1.165, 1.54) is 6.33 Å². The lowest BCUT2D eigenvalue weighted by atomic mass is 9.99. The summed E-state index contributed by atoms with van der Waals surface area (Å²) in [4.78, 5) is 19.1. The van der Waals surface area contributed by atoms with Crippen molar-refractivity contribution in [2.45, 2.75) is 19.4 Å². The summed E-state index contributed by atoms with van der Waals surface area (Å²) in [6.07, 6.45) is 4.92. The summed E-state index contributed by atoms with van der Waals surface area (Å²) in [6.45, 7) is 1.23. The molecular formula is C21H22N4O3. The Balaban J connectivity index is 1.66. The number of rotatable bonds is 5. The SMILES string of the molecule is COc1cc(OC)c2c(c1)N(C(=O)c1cccc(Cn3cncn3)c1)CCC2. The van der Waals surface area contributed by atoms with E-state index in [-0.39, 0.29) is 5.91 Å². The molecule has 1 aliphatic rings. The van der Waals surface area contributed by atoms with Crippen molar-refractivity contribution in [3.05, 3.63) is 65.7 Å². The van der Waals surface area contributed by atoms with E-state index >= 15 is 0 Å². The Labute approximate surface area is 163 Å². The summed E-state index contributed by atoms with van der Waals surface area (Å²) in [5, 5.41) is 4.13. The number of methoxy groups -OCH3 is 2. The first-order valence-corrected chi connectivity index (χ1v) is 9.17. The Bertz CT molecular complexity index is 985. The van der Waals surface area contributed by atoms with Crippen LogP contribution in [0.1, 0.15) is 27.9 Å². The van der Waals surface area contributed by atoms with Gasteiger partial charge in [0.05, 0.1) is 26.5 Å². The average molecular weight is 378 g/mol. The van der Waals surface area contributed by atoms with Gasteiger partial charge >= 0.3 is 0 Å². The molecule has 0 unspecified atom stereocenters. The van der Waals surface area contributed by atoms with E-state index in [1.807, 2.05) is 41.3 Å². The lowest BCUT2D eigenvalue weighted by molar-refractivity contribution is 0.0985. The van der Waals surface area contributed by atoms with Gasteiger partial charge in [0.2, 0.25) is 0 Å². The van der Waals surface area contributed by atoms with Gasteiger partial charge < -0.3 is 14.4 Å². The molecule has 0 radical (unpaired) electrons. The number of fused-ring (bicyclic) bond motifs is 1. The van der Waals surface area contributed by atoms with Gasteiger partial charge in [0.25, 0.3) is 5.91 Å². The molecule has 28 heavy (non-hydrogen) atoms. The van der Waals surface area contributed by atoms with Crippen LogP contribution >= 0.6 is 0 Å². The molecule has 0 fully saturated rings. The standard InChI is InChI=1S/C21H22N4O3/c1-27-17-10-19-18(20(11-17)28-2)7-4-8-25(19)21(26)16-6-3-5-15(9-16)12-24-14-22-13-23-24/h3,5-6,9-11,13-14H,4,7-8,12H2,1-2H3. The summed E-state index contributed by atoms with van der Waals surface area (Å²) in [6, 6.07) is 11.4. The summed E-state index contributed by atoms with van der Waals surface area (Å²) in [5.41, 5.74) is 3.54. The summed E-state index contributed by atoms with van der Waals surface area (Å²) in [7, 11) is 3.26. The zero-order valence-corrected chi connectivity index (χ0v) is 16.0. The van der Waals surface area contributed by atoms with Crippen LogP contribution in [-0.4, -0.2) is 41.4 Å². The molecule has 2 aromatic carbocycles. The molecule has 7 heteroatoms. The van der Waals surface area contributed by atoms with Crippen LogP contribution in [-0.2, 0) is 13.0 Å². The highest BCUT2D eigenvalue weighted by Crippen LogP contribution is 2.38. The van der Waals surface area contributed by atoms with Crippen LogP contribution in [0.3, 0.4) is 0 Å². The summed E-state index contributed by atoms with van der Waals surface area (Å²) < 4.78 is 12.7. The smallest absolute Gasteiger partial charge is 0.258 e. The largest absolute Gasteiger partial charge is 0.497 e. The molecule has 7 nitrogen and oxygen atoms in total. The van der Waals surface area contributed by atoms with Crippen molar-refractivity contribution in [3.8, 4) is 11.5 Å². The number of hydrogen-bond donors (Lipinski definition) is 0. The Kier molecular flexibility index (Phi) is 4.97. The fraction of sp³-hybridized carbons (Fsp3) is 0.286. The molecule has 0 atom stereocenters. The van der Waals surface area contributed by atoms with E-state index in [0.717, 1.165) is 35.4 Å². The van der Waals surface area contributed by atoms with Crippen molar-refractivity contribution in [3.63, 3.8) is 0 Å². The maximum atomic E-state index is 13.3. The number of aromatic nitrogens is 3. The molecule has 1 amide bonds. The van der Waals surface area contributed by atoms with Gasteiger partial charge in [-0.1, -0.05) is 12.1 Å². The molecule has 0 bridgehead atoms. The van der Waals surface area contributed by atoms with E-state index < -0.39 is 0 Å². The summed E-state index contributed by atoms with van der Waals surface area (Å²) in [5.74, 6) is 1.40. The molecule has 2 heterocycles. The van der Waals surface area contributed by atoms with Gasteiger partial charge in [-0.15, -0.1) is 0 Å². The second kappa shape index (κ2) is 7.72. The predicted molar refractivity (Wildman–Crippen MR) is 105 cm³/mol. The third-order valence-electron chi connectivity index (χ3n) is 4.94. The van der Waals surface area contributed by atoms with Crippen LogP contribution in [0, 0.1) is 0 Å². The van der Waals surface area contributed by atoms with E-state index in [2.05, 4.69) is 10.1 Å². The molecule has 144 valence electrons. The molecule has 1 aliphatic heterocycles. The van der Waals surface area contributed by atoms with E-state index in [1.54, 1.807) is 25.2 Å². The molecule has 0 aliphatic carbocycles. The van der Waals surface area contributed by atoms with Gasteiger partial charge in [0, 0.05) is 29.8 Å². The normalized spacial score (nSPS) is 13.1. The molecule has 0 spiro atoms. The number of nitrogens with zero attached hydrogens (tertiary/aromatic N) is 4. The van der Waals surface area contributed by atoms with Crippen molar-refractivity contribution in [2.24, 2.45) is 0 Å². The zero-order valence-electron chi connectivity index (χ0n) is 16.0. The first-order valence-electron chi connectivity index (χ1n) is 9.17. The fourth-order valence-corrected chi connectivity index (χ4v) is 3.60. The summed E-state index contributed by atoms with van der Waals surface area (Å²) >= 11 is 0. The first kappa shape index (κ1) is 18.0. The van der Waals surface area contributed by atoms with Gasteiger partial charge in [-0.2, -0.15) is 5.10 Å². The van der Waals surface area contributed by atoms with Gasteiger partial charge in [-0.05, 0) is 30.5 Å². The number of amides is 1. The predicted octanol–water partition coefficient (Wildman–Crippen LogP) is 2.94. The second-order valence-corrected chi connectivity index (χ2v) is 6.68. The lowest BCUT2D eigenvalue weighted by Gasteiger charge is -2.31. The van der Waals surface area contributed by atoms with Gasteiger partial charge in [-0.25, -0.2) is 9.67 Å². The van der Waals surface area contributed by atoms with Crippen LogP contribution in [0.2, 0.25) is 0 Å². The minimum atomic E-state index is -0.0308. The number of benzene rings is 2. The van der Waals surface area contributed by atoms with Crippen molar-refractivity contribution in [1.29, 1.82) is 0 Å². The Hall–Kier alpha value is -3.35. The highest BCUT2D eigenvalue weighted by molar-refractivity contribution is 6.07. The fourth-order valence-electron chi connectivity index (χ4n) is 3.60. The Morgan fingerprint density at radius 1 is 1.18 bits per heavy atom. The van der Waals surface area contributed by atoms with Crippen LogP contribution in [0.25, 0.3) is 0 Å². The van der Waals surface area contributed by atoms with E-state index in [9.17, 15) is 4.79 Å². The zero-order chi connectivity index (χ0) is 19.5. The van der Waals surface area contributed by atoms with Crippen LogP contribution in [0.4, 0.5) is 5.69 Å². The monoisotopic (exact) mass is 378 g/mol. The van der Waals surface area contributed by atoms with E-state index in [0.29, 0.717) is 24.4 Å². The van der Waals surface area contributed by atoms with E-state index in [4.69, 9.17) is 9.47 Å². The number of carbonyl (C=O) groups excluding carboxylic acids is 1. The molecular weight excluding hydrogens is 356 g/mol. The van der Waals surface area contributed by atoms with Crippen LogP contribution in [0.5, 0.6) is 11.5 Å².